The van der Waals surface area contributed by atoms with Crippen molar-refractivity contribution in [2.45, 2.75) is 63.6 Å². The Balaban J connectivity index is 2.22. The first-order valence-electron chi connectivity index (χ1n) is 7.16. The molecule has 0 aliphatic heterocycles. The molecule has 1 fully saturated rings. The van der Waals surface area contributed by atoms with Crippen LogP contribution in [0.2, 0.25) is 0 Å². The molecule has 1 aromatic rings. The van der Waals surface area contributed by atoms with Gasteiger partial charge in [0.1, 0.15) is 0 Å². The lowest BCUT2D eigenvalue weighted by Gasteiger charge is -2.31. The second-order valence-corrected chi connectivity index (χ2v) is 7.10. The Morgan fingerprint density at radius 1 is 1.40 bits per heavy atom. The lowest BCUT2D eigenvalue weighted by Crippen LogP contribution is -2.42. The second-order valence-electron chi connectivity index (χ2n) is 5.47. The molecule has 1 aliphatic carbocycles. The van der Waals surface area contributed by atoms with Gasteiger partial charge in [0.15, 0.2) is 5.03 Å². The van der Waals surface area contributed by atoms with E-state index in [4.69, 9.17) is 0 Å². The lowest BCUT2D eigenvalue weighted by atomic mass is 9.83. The van der Waals surface area contributed by atoms with Gasteiger partial charge in [-0.05, 0) is 25.7 Å². The highest BCUT2D eigenvalue weighted by Crippen LogP contribution is 2.28. The van der Waals surface area contributed by atoms with Gasteiger partial charge >= 0.3 is 0 Å². The molecule has 2 unspecified atom stereocenters. The molecular formula is C13H23N3O3S. The smallest absolute Gasteiger partial charge is 0.260 e. The largest absolute Gasteiger partial charge is 0.392 e. The molecule has 0 aromatic carbocycles. The monoisotopic (exact) mass is 301 g/mol. The summed E-state index contributed by atoms with van der Waals surface area (Å²) in [7, 11) is -3.68. The predicted molar refractivity (Wildman–Crippen MR) is 75.6 cm³/mol. The molecule has 0 radical (unpaired) electrons. The molecule has 0 saturated heterocycles. The highest BCUT2D eigenvalue weighted by molar-refractivity contribution is 7.89. The van der Waals surface area contributed by atoms with Crippen molar-refractivity contribution in [2.75, 3.05) is 0 Å². The van der Waals surface area contributed by atoms with Gasteiger partial charge in [0, 0.05) is 17.3 Å². The third kappa shape index (κ3) is 3.05. The molecule has 1 aromatic heterocycles. The number of hydrogen-bond donors (Lipinski definition) is 3. The number of hydrogen-bond acceptors (Lipinski definition) is 4. The molecule has 20 heavy (non-hydrogen) atoms. The number of nitrogens with zero attached hydrogens (tertiary/aromatic N) is 1. The number of sulfonamides is 1. The number of aliphatic hydroxyl groups excluding tert-OH is 1. The summed E-state index contributed by atoms with van der Waals surface area (Å²) in [4.78, 5) is 0. The van der Waals surface area contributed by atoms with Crippen LogP contribution in [-0.2, 0) is 16.6 Å². The van der Waals surface area contributed by atoms with Crippen LogP contribution in [0.1, 0.15) is 50.3 Å². The Hall–Kier alpha value is -0.920. The van der Waals surface area contributed by atoms with Crippen LogP contribution in [0.4, 0.5) is 0 Å². The number of aromatic amines is 1. The molecule has 1 heterocycles. The van der Waals surface area contributed by atoms with E-state index in [1.807, 2.05) is 0 Å². The van der Waals surface area contributed by atoms with E-state index in [0.717, 1.165) is 25.7 Å². The third-order valence-corrected chi connectivity index (χ3v) is 5.65. The average Bonchev–Trinajstić information content (AvgIpc) is 2.81. The van der Waals surface area contributed by atoms with Crippen LogP contribution in [0, 0.1) is 12.8 Å². The fourth-order valence-corrected chi connectivity index (χ4v) is 4.47. The van der Waals surface area contributed by atoms with E-state index in [1.165, 1.54) is 6.42 Å². The molecule has 0 amide bonds. The Bertz CT molecular complexity index is 553. The van der Waals surface area contributed by atoms with Gasteiger partial charge in [0.25, 0.3) is 10.0 Å². The molecular weight excluding hydrogens is 278 g/mol. The number of aryl methyl sites for hydroxylation is 1. The molecule has 7 heteroatoms. The van der Waals surface area contributed by atoms with Crippen LogP contribution in [0.25, 0.3) is 0 Å². The van der Waals surface area contributed by atoms with Crippen molar-refractivity contribution >= 4 is 10.0 Å². The highest BCUT2D eigenvalue weighted by atomic mass is 32.2. The van der Waals surface area contributed by atoms with Crippen molar-refractivity contribution in [3.05, 3.63) is 11.3 Å². The van der Waals surface area contributed by atoms with E-state index < -0.39 is 10.0 Å². The SMILES string of the molecule is CCC1CCCCC1NS(=O)(=O)c1n[nH]c(C)c1CO. The first kappa shape index (κ1) is 15.5. The zero-order chi connectivity index (χ0) is 14.8. The topological polar surface area (TPSA) is 95.1 Å². The fourth-order valence-electron chi connectivity index (χ4n) is 2.95. The summed E-state index contributed by atoms with van der Waals surface area (Å²) < 4.78 is 27.7. The Labute approximate surface area is 120 Å². The fraction of sp³-hybridized carbons (Fsp3) is 0.769. The second kappa shape index (κ2) is 6.24. The first-order valence-corrected chi connectivity index (χ1v) is 8.65. The molecule has 0 bridgehead atoms. The minimum absolute atomic E-state index is 0.0256. The van der Waals surface area contributed by atoms with Gasteiger partial charge in [0.05, 0.1) is 6.61 Å². The summed E-state index contributed by atoms with van der Waals surface area (Å²) in [6.07, 6.45) is 5.13. The summed E-state index contributed by atoms with van der Waals surface area (Å²) in [6.45, 7) is 3.46. The summed E-state index contributed by atoms with van der Waals surface area (Å²) in [5, 5.41) is 15.7. The predicted octanol–water partition coefficient (Wildman–Crippen LogP) is 1.46. The molecule has 2 rings (SSSR count). The van der Waals surface area contributed by atoms with Crippen LogP contribution < -0.4 is 4.72 Å². The van der Waals surface area contributed by atoms with Crippen molar-refractivity contribution < 1.29 is 13.5 Å². The summed E-state index contributed by atoms with van der Waals surface area (Å²) in [6, 6.07) is -0.0256. The van der Waals surface area contributed by atoms with E-state index in [1.54, 1.807) is 6.92 Å². The number of aromatic nitrogens is 2. The van der Waals surface area contributed by atoms with Crippen molar-refractivity contribution in [1.82, 2.24) is 14.9 Å². The average molecular weight is 301 g/mol. The molecule has 3 N–H and O–H groups in total. The standard InChI is InChI=1S/C13H23N3O3S/c1-3-10-6-4-5-7-12(10)16-20(18,19)13-11(8-17)9(2)14-15-13/h10,12,16-17H,3-8H2,1-2H3,(H,14,15). The molecule has 1 saturated carbocycles. The molecule has 1 aliphatic rings. The number of aliphatic hydroxyl groups is 1. The van der Waals surface area contributed by atoms with Crippen molar-refractivity contribution in [3.63, 3.8) is 0 Å². The third-order valence-electron chi connectivity index (χ3n) is 4.19. The number of nitrogens with one attached hydrogen (secondary N) is 2. The van der Waals surface area contributed by atoms with Crippen molar-refractivity contribution in [3.8, 4) is 0 Å². The van der Waals surface area contributed by atoms with E-state index in [0.29, 0.717) is 17.2 Å². The quantitative estimate of drug-likeness (QED) is 0.767. The van der Waals surface area contributed by atoms with Gasteiger partial charge in [-0.25, -0.2) is 13.1 Å². The van der Waals surface area contributed by atoms with E-state index in [9.17, 15) is 13.5 Å². The Morgan fingerprint density at radius 3 is 2.75 bits per heavy atom. The maximum atomic E-state index is 12.5. The zero-order valence-electron chi connectivity index (χ0n) is 12.0. The van der Waals surface area contributed by atoms with E-state index in [2.05, 4.69) is 21.8 Å². The lowest BCUT2D eigenvalue weighted by molar-refractivity contribution is 0.275. The summed E-state index contributed by atoms with van der Waals surface area (Å²) in [5.41, 5.74) is 0.935. The van der Waals surface area contributed by atoms with Crippen LogP contribution in [0.5, 0.6) is 0 Å². The van der Waals surface area contributed by atoms with Gasteiger partial charge in [-0.2, -0.15) is 5.10 Å². The molecule has 6 nitrogen and oxygen atoms in total. The Morgan fingerprint density at radius 2 is 2.10 bits per heavy atom. The maximum absolute atomic E-state index is 12.5. The summed E-state index contributed by atoms with van der Waals surface area (Å²) in [5.74, 6) is 0.385. The van der Waals surface area contributed by atoms with Gasteiger partial charge in [0.2, 0.25) is 0 Å². The van der Waals surface area contributed by atoms with Gasteiger partial charge in [-0.1, -0.05) is 26.2 Å². The van der Waals surface area contributed by atoms with Gasteiger partial charge < -0.3 is 5.11 Å². The van der Waals surface area contributed by atoms with Gasteiger partial charge in [-0.15, -0.1) is 0 Å². The molecule has 2 atom stereocenters. The van der Waals surface area contributed by atoms with Crippen molar-refractivity contribution in [2.24, 2.45) is 5.92 Å². The zero-order valence-corrected chi connectivity index (χ0v) is 12.8. The van der Waals surface area contributed by atoms with E-state index >= 15 is 0 Å². The molecule has 114 valence electrons. The normalized spacial score (nSPS) is 23.9. The number of H-pyrrole nitrogens is 1. The highest BCUT2D eigenvalue weighted by Gasteiger charge is 2.31. The van der Waals surface area contributed by atoms with Gasteiger partial charge in [-0.3, -0.25) is 5.10 Å². The van der Waals surface area contributed by atoms with Crippen LogP contribution >= 0.6 is 0 Å². The van der Waals surface area contributed by atoms with Crippen molar-refractivity contribution in [1.29, 1.82) is 0 Å². The minimum atomic E-state index is -3.68. The first-order chi connectivity index (χ1) is 9.49. The minimum Gasteiger partial charge on any atom is -0.392 e. The summed E-state index contributed by atoms with van der Waals surface area (Å²) >= 11 is 0. The van der Waals surface area contributed by atoms with Crippen LogP contribution in [0.3, 0.4) is 0 Å². The maximum Gasteiger partial charge on any atom is 0.260 e. The molecule has 0 spiro atoms. The Kier molecular flexibility index (Phi) is 4.82. The van der Waals surface area contributed by atoms with Crippen LogP contribution in [-0.4, -0.2) is 29.8 Å². The van der Waals surface area contributed by atoms with E-state index in [-0.39, 0.29) is 17.7 Å². The number of rotatable bonds is 5. The van der Waals surface area contributed by atoms with Crippen LogP contribution in [0.15, 0.2) is 5.03 Å².